The van der Waals surface area contributed by atoms with E-state index in [-0.39, 0.29) is 5.96 Å². The summed E-state index contributed by atoms with van der Waals surface area (Å²) >= 11 is 1.30. The van der Waals surface area contributed by atoms with E-state index < -0.39 is 6.03 Å². The summed E-state index contributed by atoms with van der Waals surface area (Å²) in [6, 6.07) is 7.73. The van der Waals surface area contributed by atoms with Crippen LogP contribution >= 0.6 is 11.3 Å². The van der Waals surface area contributed by atoms with Gasteiger partial charge in [-0.1, -0.05) is 12.1 Å². The molecule has 0 radical (unpaired) electrons. The molecule has 2 amide bonds. The molecule has 1 aliphatic heterocycles. The molecule has 1 aromatic heterocycles. The Labute approximate surface area is 180 Å². The lowest BCUT2D eigenvalue weighted by Gasteiger charge is -2.19. The lowest BCUT2D eigenvalue weighted by Crippen LogP contribution is -2.36. The zero-order valence-corrected chi connectivity index (χ0v) is 17.7. The second-order valence-electron chi connectivity index (χ2n) is 7.33. The summed E-state index contributed by atoms with van der Waals surface area (Å²) in [5, 5.41) is 5.66. The van der Waals surface area contributed by atoms with E-state index in [0.717, 1.165) is 25.3 Å². The van der Waals surface area contributed by atoms with Crippen molar-refractivity contribution in [2.24, 2.45) is 28.1 Å². The van der Waals surface area contributed by atoms with Crippen LogP contribution in [0.1, 0.15) is 24.1 Å². The molecule has 9 nitrogen and oxygen atoms in total. The lowest BCUT2D eigenvalue weighted by atomic mass is 9.99. The van der Waals surface area contributed by atoms with Gasteiger partial charge in [-0.2, -0.15) is 4.99 Å². The fraction of sp³-hybridized carbons (Fsp3) is 0.450. The van der Waals surface area contributed by atoms with Crippen molar-refractivity contribution in [2.45, 2.75) is 25.8 Å². The number of benzene rings is 1. The molecule has 30 heavy (non-hydrogen) atoms. The number of nitrogens with zero attached hydrogens (tertiary/aromatic N) is 3. The van der Waals surface area contributed by atoms with Gasteiger partial charge >= 0.3 is 6.03 Å². The summed E-state index contributed by atoms with van der Waals surface area (Å²) in [4.78, 5) is 21.5. The van der Waals surface area contributed by atoms with Crippen LogP contribution in [-0.4, -0.2) is 48.1 Å². The second-order valence-corrected chi connectivity index (χ2v) is 8.17. The number of ether oxygens (including phenoxy) is 1. The maximum absolute atomic E-state index is 11.8. The highest BCUT2D eigenvalue weighted by molar-refractivity contribution is 7.13. The van der Waals surface area contributed by atoms with Crippen LogP contribution in [0.3, 0.4) is 0 Å². The maximum Gasteiger partial charge on any atom is 0.315 e. The topological polar surface area (TPSA) is 145 Å². The molecule has 0 bridgehead atoms. The molecule has 1 fully saturated rings. The molecule has 1 saturated heterocycles. The first-order chi connectivity index (χ1) is 14.5. The second kappa shape index (κ2) is 10.8. The van der Waals surface area contributed by atoms with E-state index >= 15 is 0 Å². The van der Waals surface area contributed by atoms with Crippen molar-refractivity contribution < 1.29 is 9.53 Å². The van der Waals surface area contributed by atoms with Gasteiger partial charge in [-0.15, -0.1) is 11.3 Å². The minimum atomic E-state index is -0.501. The number of urea groups is 1. The average Bonchev–Trinajstić information content (AvgIpc) is 3.36. The van der Waals surface area contributed by atoms with Gasteiger partial charge in [0.1, 0.15) is 5.75 Å². The molecule has 3 rings (SSSR count). The number of amides is 2. The largest absolute Gasteiger partial charge is 0.494 e. The number of guanidine groups is 1. The molecule has 1 unspecified atom stereocenters. The van der Waals surface area contributed by atoms with Gasteiger partial charge in [0.05, 0.1) is 18.8 Å². The molecule has 10 heteroatoms. The van der Waals surface area contributed by atoms with Crippen molar-refractivity contribution in [1.29, 1.82) is 0 Å². The zero-order valence-electron chi connectivity index (χ0n) is 16.9. The summed E-state index contributed by atoms with van der Waals surface area (Å²) in [5.74, 6) is 1.50. The highest BCUT2D eigenvalue weighted by atomic mass is 32.1. The minimum Gasteiger partial charge on any atom is -0.494 e. The molecule has 1 aliphatic rings. The van der Waals surface area contributed by atoms with E-state index in [2.05, 4.69) is 27.4 Å². The third-order valence-electron chi connectivity index (χ3n) is 4.86. The Morgan fingerprint density at radius 3 is 2.97 bits per heavy atom. The van der Waals surface area contributed by atoms with Gasteiger partial charge in [0, 0.05) is 11.9 Å². The van der Waals surface area contributed by atoms with Gasteiger partial charge in [0.25, 0.3) is 0 Å². The van der Waals surface area contributed by atoms with E-state index in [1.807, 2.05) is 12.1 Å². The maximum atomic E-state index is 11.8. The number of aromatic nitrogens is 1. The van der Waals surface area contributed by atoms with Crippen LogP contribution in [0.25, 0.3) is 0 Å². The molecule has 0 aliphatic carbocycles. The first kappa shape index (κ1) is 21.8. The van der Waals surface area contributed by atoms with Gasteiger partial charge in [-0.3, -0.25) is 0 Å². The molecule has 0 spiro atoms. The smallest absolute Gasteiger partial charge is 0.315 e. The Balaban J connectivity index is 1.45. The number of nitrogens with two attached hydrogens (primary N) is 3. The van der Waals surface area contributed by atoms with Gasteiger partial charge in [-0.05, 0) is 56.0 Å². The third-order valence-corrected chi connectivity index (χ3v) is 5.64. The van der Waals surface area contributed by atoms with Crippen molar-refractivity contribution in [3.63, 3.8) is 0 Å². The SMILES string of the molecule is NC(=O)N(CCCOc1cccc(CC2CCNC2)c1)Cc1csc(N=C(N)N)n1. The normalized spacial score (nSPS) is 15.7. The molecular formula is C20H29N7O2S. The fourth-order valence-electron chi connectivity index (χ4n) is 3.42. The van der Waals surface area contributed by atoms with Crippen molar-refractivity contribution >= 4 is 28.5 Å². The van der Waals surface area contributed by atoms with Crippen molar-refractivity contribution in [3.8, 4) is 5.75 Å². The van der Waals surface area contributed by atoms with E-state index in [0.29, 0.717) is 42.9 Å². The number of thiazole rings is 1. The van der Waals surface area contributed by atoms with E-state index in [1.54, 1.807) is 5.38 Å². The van der Waals surface area contributed by atoms with Gasteiger partial charge in [0.15, 0.2) is 5.96 Å². The lowest BCUT2D eigenvalue weighted by molar-refractivity contribution is 0.197. The molecule has 1 aromatic carbocycles. The number of carbonyl (C=O) groups is 1. The number of hydrogen-bond acceptors (Lipinski definition) is 6. The molecule has 1 atom stereocenters. The van der Waals surface area contributed by atoms with Gasteiger partial charge in [0.2, 0.25) is 5.13 Å². The Kier molecular flexibility index (Phi) is 7.86. The fourth-order valence-corrected chi connectivity index (χ4v) is 4.12. The highest BCUT2D eigenvalue weighted by Crippen LogP contribution is 2.21. The predicted molar refractivity (Wildman–Crippen MR) is 119 cm³/mol. The van der Waals surface area contributed by atoms with Gasteiger partial charge in [-0.25, -0.2) is 9.78 Å². The number of aliphatic imine (C=N–C) groups is 1. The Morgan fingerprint density at radius 1 is 1.37 bits per heavy atom. The Hall–Kier alpha value is -2.85. The van der Waals surface area contributed by atoms with Crippen LogP contribution in [-0.2, 0) is 13.0 Å². The summed E-state index contributed by atoms with van der Waals surface area (Å²) in [6.45, 7) is 3.46. The zero-order chi connectivity index (χ0) is 21.3. The molecule has 162 valence electrons. The standard InChI is InChI=1S/C20H29N7O2S/c21-18(22)26-20-25-16(13-30-20)12-27(19(23)28)7-2-8-29-17-4-1-3-14(10-17)9-15-5-6-24-11-15/h1,3-4,10,13,15,24H,2,5-9,11-12H2,(H2,23,28)(H4,21,22,25,26). The van der Waals surface area contributed by atoms with Crippen LogP contribution in [0.2, 0.25) is 0 Å². The first-order valence-corrected chi connectivity index (χ1v) is 10.9. The van der Waals surface area contributed by atoms with E-state index in [4.69, 9.17) is 21.9 Å². The average molecular weight is 432 g/mol. The summed E-state index contributed by atoms with van der Waals surface area (Å²) < 4.78 is 5.89. The number of rotatable bonds is 10. The first-order valence-electron chi connectivity index (χ1n) is 10.0. The number of hydrogen-bond donors (Lipinski definition) is 4. The molecule has 0 saturated carbocycles. The van der Waals surface area contributed by atoms with Crippen LogP contribution in [0, 0.1) is 5.92 Å². The molecule has 7 N–H and O–H groups in total. The number of carbonyl (C=O) groups excluding carboxylic acids is 1. The van der Waals surface area contributed by atoms with Crippen molar-refractivity contribution in [1.82, 2.24) is 15.2 Å². The van der Waals surface area contributed by atoms with E-state index in [1.165, 1.54) is 28.2 Å². The van der Waals surface area contributed by atoms with Crippen LogP contribution < -0.4 is 27.3 Å². The third kappa shape index (κ3) is 6.89. The predicted octanol–water partition coefficient (Wildman–Crippen LogP) is 1.55. The Morgan fingerprint density at radius 2 is 2.23 bits per heavy atom. The van der Waals surface area contributed by atoms with Crippen molar-refractivity contribution in [2.75, 3.05) is 26.2 Å². The van der Waals surface area contributed by atoms with Crippen molar-refractivity contribution in [3.05, 3.63) is 40.9 Å². The van der Waals surface area contributed by atoms with Crippen LogP contribution in [0.4, 0.5) is 9.93 Å². The minimum absolute atomic E-state index is 0.0521. The molecule has 2 aromatic rings. The summed E-state index contributed by atoms with van der Waals surface area (Å²) in [6.07, 6.45) is 2.94. The molecule has 2 heterocycles. The Bertz CT molecular complexity index is 860. The molecular weight excluding hydrogens is 402 g/mol. The van der Waals surface area contributed by atoms with Crippen LogP contribution in [0.15, 0.2) is 34.6 Å². The summed E-state index contributed by atoms with van der Waals surface area (Å²) in [7, 11) is 0. The summed E-state index contributed by atoms with van der Waals surface area (Å²) in [5.41, 5.74) is 18.2. The monoisotopic (exact) mass is 431 g/mol. The van der Waals surface area contributed by atoms with E-state index in [9.17, 15) is 4.79 Å². The number of nitrogens with one attached hydrogen (secondary N) is 1. The number of primary amides is 1. The van der Waals surface area contributed by atoms with Crippen LogP contribution in [0.5, 0.6) is 5.75 Å². The quantitative estimate of drug-likeness (QED) is 0.255. The highest BCUT2D eigenvalue weighted by Gasteiger charge is 2.15. The van der Waals surface area contributed by atoms with Gasteiger partial charge < -0.3 is 32.2 Å².